The molecule has 5 heterocycles. The maximum Gasteiger partial charge on any atom is 0.224 e. The maximum absolute atomic E-state index is 13.9. The predicted octanol–water partition coefficient (Wildman–Crippen LogP) is 6.67. The molecule has 204 valence electrons. The van der Waals surface area contributed by atoms with Crippen LogP contribution in [-0.4, -0.2) is 41.0 Å². The second-order valence-corrected chi connectivity index (χ2v) is 10.6. The molecule has 0 atom stereocenters. The Hall–Kier alpha value is -4.99. The molecule has 9 nitrogen and oxygen atoms in total. The van der Waals surface area contributed by atoms with Crippen molar-refractivity contribution >= 4 is 33.5 Å². The van der Waals surface area contributed by atoms with Gasteiger partial charge in [-0.25, -0.2) is 9.37 Å². The molecule has 6 aromatic rings. The lowest BCUT2D eigenvalue weighted by atomic mass is 9.87. The van der Waals surface area contributed by atoms with E-state index < -0.39 is 0 Å². The number of anilines is 1. The summed E-state index contributed by atoms with van der Waals surface area (Å²) in [5, 5.41) is 11.4. The number of rotatable bonds is 6. The van der Waals surface area contributed by atoms with E-state index in [4.69, 9.17) is 4.98 Å². The molecule has 0 radical (unpaired) electrons. The van der Waals surface area contributed by atoms with E-state index in [1.807, 2.05) is 24.3 Å². The predicted molar refractivity (Wildman–Crippen MR) is 155 cm³/mol. The van der Waals surface area contributed by atoms with E-state index in [1.165, 1.54) is 31.4 Å². The van der Waals surface area contributed by atoms with E-state index >= 15 is 0 Å². The largest absolute Gasteiger partial charge is 0.336 e. The van der Waals surface area contributed by atoms with Gasteiger partial charge in [-0.15, -0.1) is 0 Å². The average Bonchev–Trinajstić information content (AvgIpc) is 3.61. The van der Waals surface area contributed by atoms with Gasteiger partial charge in [-0.3, -0.25) is 24.8 Å². The Balaban J connectivity index is 1.19. The van der Waals surface area contributed by atoms with E-state index in [0.29, 0.717) is 52.0 Å². The molecule has 0 aliphatic heterocycles. The third-order valence-corrected chi connectivity index (χ3v) is 7.69. The highest BCUT2D eigenvalue weighted by molar-refractivity contribution is 5.97. The van der Waals surface area contributed by atoms with Crippen LogP contribution in [0, 0.1) is 11.7 Å². The standard InChI is InChI=1S/C31H27FN8O/c32-21-8-4-7-19(12-21)28-30-24(9-10-34-28)37-31(38-30)29-23-14-25(35-17-26(23)39-40-29)20-13-22(16-33-15-20)36-27(41)11-18-5-2-1-3-6-18/h4,7-10,12-18H,1-3,5-6,11H2,(H,36,41)(H,37,38)(H,39,40). The molecule has 1 aliphatic carbocycles. The molecule has 1 saturated carbocycles. The molecule has 0 unspecified atom stereocenters. The molecular formula is C31H27FN8O. The number of nitrogens with one attached hydrogen (secondary N) is 3. The summed E-state index contributed by atoms with van der Waals surface area (Å²) in [5.41, 5.74) is 6.09. The molecule has 41 heavy (non-hydrogen) atoms. The fourth-order valence-corrected chi connectivity index (χ4v) is 5.66. The van der Waals surface area contributed by atoms with Gasteiger partial charge in [0.1, 0.15) is 17.0 Å². The number of pyridine rings is 3. The molecule has 3 N–H and O–H groups in total. The van der Waals surface area contributed by atoms with E-state index in [0.717, 1.165) is 34.8 Å². The van der Waals surface area contributed by atoms with Crippen molar-refractivity contribution in [2.24, 2.45) is 5.92 Å². The van der Waals surface area contributed by atoms with Gasteiger partial charge >= 0.3 is 0 Å². The molecular weight excluding hydrogens is 519 g/mol. The number of nitrogens with zero attached hydrogens (tertiary/aromatic N) is 5. The van der Waals surface area contributed by atoms with E-state index in [2.05, 4.69) is 35.5 Å². The van der Waals surface area contributed by atoms with Gasteiger partial charge in [0.2, 0.25) is 5.91 Å². The molecule has 0 saturated heterocycles. The van der Waals surface area contributed by atoms with Gasteiger partial charge < -0.3 is 10.3 Å². The van der Waals surface area contributed by atoms with Gasteiger partial charge in [-0.2, -0.15) is 5.10 Å². The molecule has 10 heteroatoms. The van der Waals surface area contributed by atoms with E-state index in [-0.39, 0.29) is 11.7 Å². The number of imidazole rings is 1. The van der Waals surface area contributed by atoms with Crippen molar-refractivity contribution in [2.45, 2.75) is 38.5 Å². The summed E-state index contributed by atoms with van der Waals surface area (Å²) in [6.45, 7) is 0. The molecule has 1 fully saturated rings. The number of H-pyrrole nitrogens is 2. The lowest BCUT2D eigenvalue weighted by molar-refractivity contribution is -0.117. The second kappa shape index (κ2) is 10.5. The van der Waals surface area contributed by atoms with Crippen LogP contribution in [0.3, 0.4) is 0 Å². The third kappa shape index (κ3) is 5.04. The molecule has 0 bridgehead atoms. The lowest BCUT2D eigenvalue weighted by Crippen LogP contribution is -2.18. The smallest absolute Gasteiger partial charge is 0.224 e. The van der Waals surface area contributed by atoms with E-state index in [1.54, 1.807) is 30.9 Å². The van der Waals surface area contributed by atoms with Gasteiger partial charge in [-0.1, -0.05) is 31.4 Å². The highest BCUT2D eigenvalue weighted by Crippen LogP contribution is 2.32. The van der Waals surface area contributed by atoms with Crippen LogP contribution < -0.4 is 5.32 Å². The summed E-state index contributed by atoms with van der Waals surface area (Å²) in [6, 6.07) is 11.9. The first-order chi connectivity index (χ1) is 20.1. The van der Waals surface area contributed by atoms with Gasteiger partial charge in [0.05, 0.1) is 40.5 Å². The van der Waals surface area contributed by atoms with E-state index in [9.17, 15) is 9.18 Å². The van der Waals surface area contributed by atoms with Gasteiger partial charge in [-0.05, 0) is 49.1 Å². The van der Waals surface area contributed by atoms with Crippen LogP contribution in [0.25, 0.3) is 56.0 Å². The Bertz CT molecular complexity index is 1890. The Labute approximate surface area is 234 Å². The van der Waals surface area contributed by atoms with Gasteiger partial charge in [0, 0.05) is 35.3 Å². The number of aromatic nitrogens is 7. The van der Waals surface area contributed by atoms with Crippen LogP contribution >= 0.6 is 0 Å². The number of carbonyl (C=O) groups is 1. The van der Waals surface area contributed by atoms with Crippen molar-refractivity contribution in [3.8, 4) is 34.0 Å². The molecule has 1 aromatic carbocycles. The topological polar surface area (TPSA) is 125 Å². The average molecular weight is 547 g/mol. The van der Waals surface area contributed by atoms with Crippen LogP contribution in [-0.2, 0) is 4.79 Å². The zero-order valence-electron chi connectivity index (χ0n) is 22.2. The van der Waals surface area contributed by atoms with Crippen molar-refractivity contribution < 1.29 is 9.18 Å². The van der Waals surface area contributed by atoms with Crippen LogP contribution in [0.1, 0.15) is 38.5 Å². The Morgan fingerprint density at radius 3 is 2.73 bits per heavy atom. The first-order valence-electron chi connectivity index (χ1n) is 13.8. The Morgan fingerprint density at radius 1 is 0.951 bits per heavy atom. The SMILES string of the molecule is O=C(CC1CCCCC1)Nc1cncc(-c2cc3c(-c4nc5c(-c6cccc(F)c6)nccc5[nH]4)n[nH]c3cn2)c1. The monoisotopic (exact) mass is 546 g/mol. The Morgan fingerprint density at radius 2 is 1.85 bits per heavy atom. The number of amides is 1. The number of benzene rings is 1. The summed E-state index contributed by atoms with van der Waals surface area (Å²) in [7, 11) is 0. The van der Waals surface area contributed by atoms with Crippen LogP contribution in [0.5, 0.6) is 0 Å². The highest BCUT2D eigenvalue weighted by atomic mass is 19.1. The lowest BCUT2D eigenvalue weighted by Gasteiger charge is -2.20. The minimum atomic E-state index is -0.335. The zero-order chi connectivity index (χ0) is 27.8. The Kier molecular flexibility index (Phi) is 6.42. The minimum Gasteiger partial charge on any atom is -0.336 e. The number of fused-ring (bicyclic) bond motifs is 2. The normalized spacial score (nSPS) is 14.1. The van der Waals surface area contributed by atoms with Crippen molar-refractivity contribution in [3.05, 3.63) is 73.1 Å². The van der Waals surface area contributed by atoms with Crippen molar-refractivity contribution in [3.63, 3.8) is 0 Å². The van der Waals surface area contributed by atoms with Crippen molar-refractivity contribution in [1.82, 2.24) is 35.1 Å². The fourth-order valence-electron chi connectivity index (χ4n) is 5.66. The molecule has 7 rings (SSSR count). The van der Waals surface area contributed by atoms with Crippen molar-refractivity contribution in [1.29, 1.82) is 0 Å². The fraction of sp³-hybridized carbons (Fsp3) is 0.226. The summed E-state index contributed by atoms with van der Waals surface area (Å²) in [6.07, 6.45) is 13.2. The number of halogens is 1. The van der Waals surface area contributed by atoms with Crippen molar-refractivity contribution in [2.75, 3.05) is 5.32 Å². The molecule has 5 aromatic heterocycles. The minimum absolute atomic E-state index is 0.0216. The number of aromatic amines is 2. The summed E-state index contributed by atoms with van der Waals surface area (Å²) in [4.78, 5) is 34.2. The molecule has 0 spiro atoms. The highest BCUT2D eigenvalue weighted by Gasteiger charge is 2.19. The van der Waals surface area contributed by atoms with Crippen LogP contribution in [0.15, 0.2) is 67.3 Å². The summed E-state index contributed by atoms with van der Waals surface area (Å²) in [5.74, 6) is 0.699. The molecule has 1 aliphatic rings. The molecule has 1 amide bonds. The first kappa shape index (κ1) is 25.0. The summed E-state index contributed by atoms with van der Waals surface area (Å²) < 4.78 is 13.9. The summed E-state index contributed by atoms with van der Waals surface area (Å²) >= 11 is 0. The maximum atomic E-state index is 13.9. The third-order valence-electron chi connectivity index (χ3n) is 7.69. The second-order valence-electron chi connectivity index (χ2n) is 10.6. The number of carbonyl (C=O) groups excluding carboxylic acids is 1. The zero-order valence-corrected chi connectivity index (χ0v) is 22.2. The first-order valence-corrected chi connectivity index (χ1v) is 13.8. The van der Waals surface area contributed by atoms with Gasteiger partial charge in [0.25, 0.3) is 0 Å². The van der Waals surface area contributed by atoms with Crippen LogP contribution in [0.2, 0.25) is 0 Å². The van der Waals surface area contributed by atoms with Crippen LogP contribution in [0.4, 0.5) is 10.1 Å². The van der Waals surface area contributed by atoms with Gasteiger partial charge in [0.15, 0.2) is 5.82 Å². The number of hydrogen-bond donors (Lipinski definition) is 3. The number of hydrogen-bond acceptors (Lipinski definition) is 6. The quantitative estimate of drug-likeness (QED) is 0.214.